The van der Waals surface area contributed by atoms with Gasteiger partial charge in [0.2, 0.25) is 11.7 Å². The largest absolute Gasteiger partial charge is 0.493 e. The van der Waals surface area contributed by atoms with E-state index in [1.54, 1.807) is 44.6 Å². The summed E-state index contributed by atoms with van der Waals surface area (Å²) in [4.78, 5) is 30.0. The van der Waals surface area contributed by atoms with Crippen molar-refractivity contribution < 1.29 is 23.8 Å². The average Bonchev–Trinajstić information content (AvgIpc) is 3.30. The molecule has 0 aliphatic carbocycles. The number of carbonyl (C=O) groups is 2. The number of nitrogens with one attached hydrogen (secondary N) is 2. The number of halogens is 1. The van der Waals surface area contributed by atoms with Gasteiger partial charge in [0.1, 0.15) is 0 Å². The van der Waals surface area contributed by atoms with E-state index >= 15 is 0 Å². The molecule has 1 heterocycles. The van der Waals surface area contributed by atoms with Gasteiger partial charge in [-0.2, -0.15) is 0 Å². The summed E-state index contributed by atoms with van der Waals surface area (Å²) in [5.41, 5.74) is 3.43. The Morgan fingerprint density at radius 2 is 1.76 bits per heavy atom. The number of carbonyl (C=O) groups excluding carboxylic acids is 2. The molecule has 0 spiro atoms. The van der Waals surface area contributed by atoms with Crippen LogP contribution in [0.3, 0.4) is 0 Å². The van der Waals surface area contributed by atoms with Crippen LogP contribution >= 0.6 is 22.9 Å². The van der Waals surface area contributed by atoms with E-state index in [1.165, 1.54) is 18.4 Å². The Labute approximate surface area is 223 Å². The Hall–Kier alpha value is -3.82. The molecule has 4 aromatic rings. The number of hydrogen-bond acceptors (Lipinski definition) is 7. The van der Waals surface area contributed by atoms with Gasteiger partial charge in [0, 0.05) is 12.0 Å². The molecule has 1 aromatic heterocycles. The highest BCUT2D eigenvalue weighted by Gasteiger charge is 2.17. The predicted molar refractivity (Wildman–Crippen MR) is 147 cm³/mol. The molecule has 8 nitrogen and oxygen atoms in total. The molecule has 0 fully saturated rings. The van der Waals surface area contributed by atoms with E-state index in [0.29, 0.717) is 50.6 Å². The van der Waals surface area contributed by atoms with Gasteiger partial charge in [0.25, 0.3) is 5.91 Å². The molecule has 3 aromatic carbocycles. The van der Waals surface area contributed by atoms with E-state index in [2.05, 4.69) is 15.6 Å². The summed E-state index contributed by atoms with van der Waals surface area (Å²) in [6.45, 7) is 1.88. The van der Waals surface area contributed by atoms with Gasteiger partial charge >= 0.3 is 0 Å². The first-order chi connectivity index (χ1) is 17.8. The fraction of sp³-hybridized carbons (Fsp3) is 0.222. The van der Waals surface area contributed by atoms with Crippen LogP contribution in [0.5, 0.6) is 17.2 Å². The lowest BCUT2D eigenvalue weighted by atomic mass is 10.1. The summed E-state index contributed by atoms with van der Waals surface area (Å²) in [6, 6.07) is 14.3. The van der Waals surface area contributed by atoms with Crippen molar-refractivity contribution in [1.29, 1.82) is 0 Å². The van der Waals surface area contributed by atoms with Crippen LogP contribution in [-0.4, -0.2) is 38.1 Å². The number of thiazole rings is 1. The minimum atomic E-state index is -0.277. The summed E-state index contributed by atoms with van der Waals surface area (Å²) < 4.78 is 17.0. The molecule has 0 saturated heterocycles. The Morgan fingerprint density at radius 3 is 2.46 bits per heavy atom. The molecule has 2 amide bonds. The summed E-state index contributed by atoms with van der Waals surface area (Å²) in [5.74, 6) is 1.10. The maximum Gasteiger partial charge on any atom is 0.255 e. The number of aryl methyl sites for hydroxylation is 2. The van der Waals surface area contributed by atoms with Crippen LogP contribution in [0.1, 0.15) is 27.9 Å². The van der Waals surface area contributed by atoms with E-state index in [0.717, 1.165) is 15.8 Å². The van der Waals surface area contributed by atoms with Crippen LogP contribution in [0.25, 0.3) is 10.2 Å². The van der Waals surface area contributed by atoms with Crippen LogP contribution in [0.2, 0.25) is 5.02 Å². The van der Waals surface area contributed by atoms with Gasteiger partial charge in [-0.1, -0.05) is 41.1 Å². The number of ether oxygens (including phenoxy) is 3. The average molecular weight is 540 g/mol. The second-order valence-corrected chi connectivity index (χ2v) is 9.57. The third-order valence-corrected chi connectivity index (χ3v) is 7.01. The van der Waals surface area contributed by atoms with Crippen LogP contribution in [0, 0.1) is 6.92 Å². The molecule has 0 radical (unpaired) electrons. The van der Waals surface area contributed by atoms with Crippen LogP contribution in [-0.2, 0) is 11.2 Å². The molecular formula is C27H26ClN3O5S. The Morgan fingerprint density at radius 1 is 0.973 bits per heavy atom. The summed E-state index contributed by atoms with van der Waals surface area (Å²) in [6.07, 6.45) is 0.651. The van der Waals surface area contributed by atoms with Crippen molar-refractivity contribution in [1.82, 2.24) is 4.98 Å². The van der Waals surface area contributed by atoms with Gasteiger partial charge in [-0.15, -0.1) is 0 Å². The molecule has 192 valence electrons. The van der Waals surface area contributed by atoms with E-state index in [-0.39, 0.29) is 18.2 Å². The highest BCUT2D eigenvalue weighted by Crippen LogP contribution is 2.40. The number of benzene rings is 3. The van der Waals surface area contributed by atoms with Gasteiger partial charge in [-0.05, 0) is 54.8 Å². The minimum absolute atomic E-state index is 0.192. The highest BCUT2D eigenvalue weighted by atomic mass is 35.5. The maximum absolute atomic E-state index is 12.8. The normalized spacial score (nSPS) is 10.7. The van der Waals surface area contributed by atoms with Crippen molar-refractivity contribution in [3.8, 4) is 17.2 Å². The second-order valence-electron chi connectivity index (χ2n) is 8.13. The lowest BCUT2D eigenvalue weighted by Crippen LogP contribution is -2.13. The number of rotatable bonds is 9. The fourth-order valence-electron chi connectivity index (χ4n) is 3.89. The van der Waals surface area contributed by atoms with E-state index in [9.17, 15) is 9.59 Å². The molecule has 0 unspecified atom stereocenters. The Bertz CT molecular complexity index is 1450. The van der Waals surface area contributed by atoms with Crippen molar-refractivity contribution in [3.05, 3.63) is 70.2 Å². The summed E-state index contributed by atoms with van der Waals surface area (Å²) in [7, 11) is 4.64. The van der Waals surface area contributed by atoms with Crippen LogP contribution in [0.15, 0.2) is 48.5 Å². The van der Waals surface area contributed by atoms with E-state index < -0.39 is 0 Å². The molecule has 0 saturated carbocycles. The number of aromatic nitrogens is 1. The molecule has 4 rings (SSSR count). The number of para-hydroxylation sites is 1. The summed E-state index contributed by atoms with van der Waals surface area (Å²) in [5, 5.41) is 6.65. The van der Waals surface area contributed by atoms with Crippen molar-refractivity contribution in [2.24, 2.45) is 0 Å². The number of anilines is 2. The molecule has 0 aliphatic rings. The number of fused-ring (bicyclic) bond motifs is 1. The number of nitrogens with zero attached hydrogens (tertiary/aromatic N) is 1. The lowest BCUT2D eigenvalue weighted by molar-refractivity contribution is -0.116. The molecule has 0 atom stereocenters. The van der Waals surface area contributed by atoms with Crippen molar-refractivity contribution in [2.45, 2.75) is 19.8 Å². The number of amides is 2. The first-order valence-corrected chi connectivity index (χ1v) is 12.6. The highest BCUT2D eigenvalue weighted by molar-refractivity contribution is 7.22. The smallest absolute Gasteiger partial charge is 0.255 e. The standard InChI is InChI=1S/C27H26ClN3O5S/c1-15-6-5-7-18(28)23(15)31-26(33)17-8-11-19-21(14-17)37-27(29-19)30-22(32)13-10-16-9-12-20(34-2)25(36-4)24(16)35-3/h5-9,11-12,14H,10,13H2,1-4H3,(H,31,33)(H,29,30,32). The van der Waals surface area contributed by atoms with Crippen molar-refractivity contribution >= 4 is 55.8 Å². The maximum atomic E-state index is 12.8. The SMILES string of the molecule is COc1ccc(CCC(=O)Nc2nc3ccc(C(=O)Nc4c(C)cccc4Cl)cc3s2)c(OC)c1OC. The number of methoxy groups -OCH3 is 3. The van der Waals surface area contributed by atoms with Gasteiger partial charge in [-0.3, -0.25) is 9.59 Å². The zero-order valence-electron chi connectivity index (χ0n) is 20.8. The van der Waals surface area contributed by atoms with Crippen molar-refractivity contribution in [2.75, 3.05) is 32.0 Å². The van der Waals surface area contributed by atoms with Crippen molar-refractivity contribution in [3.63, 3.8) is 0 Å². The van der Waals surface area contributed by atoms with E-state index in [1.807, 2.05) is 25.1 Å². The van der Waals surface area contributed by atoms with Crippen LogP contribution < -0.4 is 24.8 Å². The monoisotopic (exact) mass is 539 g/mol. The van der Waals surface area contributed by atoms with Gasteiger partial charge in [-0.25, -0.2) is 4.98 Å². The first-order valence-electron chi connectivity index (χ1n) is 11.4. The Balaban J connectivity index is 1.43. The fourth-order valence-corrected chi connectivity index (χ4v) is 5.08. The zero-order valence-corrected chi connectivity index (χ0v) is 22.4. The third kappa shape index (κ3) is 5.79. The zero-order chi connectivity index (χ0) is 26.5. The molecule has 0 bridgehead atoms. The predicted octanol–water partition coefficient (Wildman–Crippen LogP) is 6.11. The minimum Gasteiger partial charge on any atom is -0.493 e. The molecule has 2 N–H and O–H groups in total. The quantitative estimate of drug-likeness (QED) is 0.266. The summed E-state index contributed by atoms with van der Waals surface area (Å²) >= 11 is 7.54. The van der Waals surface area contributed by atoms with Gasteiger partial charge in [0.15, 0.2) is 16.6 Å². The van der Waals surface area contributed by atoms with E-state index in [4.69, 9.17) is 25.8 Å². The third-order valence-electron chi connectivity index (χ3n) is 5.76. The first kappa shape index (κ1) is 26.2. The van der Waals surface area contributed by atoms with Crippen LogP contribution in [0.4, 0.5) is 10.8 Å². The molecule has 0 aliphatic heterocycles. The lowest BCUT2D eigenvalue weighted by Gasteiger charge is -2.15. The number of hydrogen-bond donors (Lipinski definition) is 2. The second kappa shape index (κ2) is 11.5. The topological polar surface area (TPSA) is 98.8 Å². The van der Waals surface area contributed by atoms with Gasteiger partial charge in [0.05, 0.1) is 42.3 Å². The Kier molecular flexibility index (Phi) is 8.15. The molecule has 10 heteroatoms. The van der Waals surface area contributed by atoms with Gasteiger partial charge < -0.3 is 24.8 Å². The molecular weight excluding hydrogens is 514 g/mol. The molecule has 37 heavy (non-hydrogen) atoms.